The van der Waals surface area contributed by atoms with Crippen molar-refractivity contribution >= 4 is 38.9 Å². The van der Waals surface area contributed by atoms with E-state index >= 15 is 0 Å². The minimum Gasteiger partial charge on any atom is -0.340 e. The van der Waals surface area contributed by atoms with Gasteiger partial charge in [0.25, 0.3) is 10.0 Å². The molecule has 6 nitrogen and oxygen atoms in total. The second kappa shape index (κ2) is 9.43. The predicted octanol–water partition coefficient (Wildman–Crippen LogP) is 2.99. The van der Waals surface area contributed by atoms with Crippen LogP contribution in [-0.4, -0.2) is 74.2 Å². The maximum Gasteiger partial charge on any atom is 0.252 e. The quantitative estimate of drug-likeness (QED) is 0.672. The molecule has 0 bridgehead atoms. The van der Waals surface area contributed by atoms with Crippen LogP contribution in [0.1, 0.15) is 33.1 Å². The average Bonchev–Trinajstić information content (AvgIpc) is 3.15. The van der Waals surface area contributed by atoms with Gasteiger partial charge < -0.3 is 4.90 Å². The molecule has 2 aliphatic rings. The van der Waals surface area contributed by atoms with Gasteiger partial charge in [-0.25, -0.2) is 8.42 Å². The van der Waals surface area contributed by atoms with Crippen LogP contribution in [0.15, 0.2) is 16.3 Å². The highest BCUT2D eigenvalue weighted by molar-refractivity contribution is 7.91. The van der Waals surface area contributed by atoms with Crippen LogP contribution in [0.3, 0.4) is 0 Å². The Morgan fingerprint density at radius 2 is 1.82 bits per heavy atom. The van der Waals surface area contributed by atoms with E-state index in [2.05, 4.69) is 11.8 Å². The van der Waals surface area contributed by atoms with Crippen molar-refractivity contribution in [3.8, 4) is 0 Å². The van der Waals surface area contributed by atoms with E-state index in [1.165, 1.54) is 4.31 Å². The number of carbonyl (C=O) groups is 1. The summed E-state index contributed by atoms with van der Waals surface area (Å²) >= 11 is 6.99. The van der Waals surface area contributed by atoms with Crippen LogP contribution < -0.4 is 0 Å². The zero-order valence-corrected chi connectivity index (χ0v) is 19.0. The molecule has 0 aromatic carbocycles. The number of hydrogen-bond donors (Lipinski definition) is 0. The van der Waals surface area contributed by atoms with Gasteiger partial charge in [0, 0.05) is 45.2 Å². The normalized spacial score (nSPS) is 21.8. The Hall–Kier alpha value is -0.670. The first-order chi connectivity index (χ1) is 13.3. The summed E-state index contributed by atoms with van der Waals surface area (Å²) < 4.78 is 27.8. The zero-order chi connectivity index (χ0) is 20.3. The van der Waals surface area contributed by atoms with Gasteiger partial charge in [-0.3, -0.25) is 9.69 Å². The highest BCUT2D eigenvalue weighted by Crippen LogP contribution is 2.32. The number of amides is 1. The smallest absolute Gasteiger partial charge is 0.252 e. The summed E-state index contributed by atoms with van der Waals surface area (Å²) in [6, 6.07) is 3.19. The molecule has 1 aromatic rings. The zero-order valence-electron chi connectivity index (χ0n) is 16.6. The van der Waals surface area contributed by atoms with E-state index in [4.69, 9.17) is 11.6 Å². The summed E-state index contributed by atoms with van der Waals surface area (Å²) in [4.78, 5) is 17.3. The minimum atomic E-state index is -3.48. The molecule has 0 aliphatic carbocycles. The lowest BCUT2D eigenvalue weighted by Gasteiger charge is -2.38. The fourth-order valence-corrected chi connectivity index (χ4v) is 7.28. The third kappa shape index (κ3) is 4.90. The summed E-state index contributed by atoms with van der Waals surface area (Å²) in [6.45, 7) is 9.71. The molecule has 158 valence electrons. The molecule has 1 atom stereocenters. The van der Waals surface area contributed by atoms with E-state index in [1.54, 1.807) is 12.1 Å². The van der Waals surface area contributed by atoms with E-state index in [0.29, 0.717) is 21.6 Å². The topological polar surface area (TPSA) is 60.9 Å². The van der Waals surface area contributed by atoms with Crippen LogP contribution in [0.2, 0.25) is 4.34 Å². The van der Waals surface area contributed by atoms with Crippen molar-refractivity contribution in [1.29, 1.82) is 0 Å². The molecular formula is C19H30ClN3O3S2. The summed E-state index contributed by atoms with van der Waals surface area (Å²) in [5, 5.41) is 0. The molecule has 1 amide bonds. The van der Waals surface area contributed by atoms with E-state index in [-0.39, 0.29) is 17.7 Å². The van der Waals surface area contributed by atoms with Gasteiger partial charge in [0.15, 0.2) is 0 Å². The van der Waals surface area contributed by atoms with Gasteiger partial charge in [-0.2, -0.15) is 4.31 Å². The van der Waals surface area contributed by atoms with Crippen molar-refractivity contribution in [2.75, 3.05) is 45.8 Å². The Bertz CT molecular complexity index is 767. The first-order valence-electron chi connectivity index (χ1n) is 10.1. The van der Waals surface area contributed by atoms with Crippen molar-refractivity contribution in [1.82, 2.24) is 14.1 Å². The van der Waals surface area contributed by atoms with Crippen LogP contribution >= 0.6 is 22.9 Å². The van der Waals surface area contributed by atoms with Gasteiger partial charge in [0.1, 0.15) is 4.21 Å². The maximum atomic E-state index is 12.9. The first-order valence-corrected chi connectivity index (χ1v) is 12.7. The Kier molecular flexibility index (Phi) is 7.42. The fourth-order valence-electron chi connectivity index (χ4n) is 4.18. The van der Waals surface area contributed by atoms with Gasteiger partial charge >= 0.3 is 0 Å². The molecule has 2 fully saturated rings. The van der Waals surface area contributed by atoms with E-state index in [9.17, 15) is 13.2 Å². The van der Waals surface area contributed by atoms with E-state index < -0.39 is 10.0 Å². The molecule has 9 heteroatoms. The van der Waals surface area contributed by atoms with Crippen molar-refractivity contribution in [2.24, 2.45) is 11.8 Å². The van der Waals surface area contributed by atoms with E-state index in [0.717, 1.165) is 63.3 Å². The second-order valence-corrected chi connectivity index (χ2v) is 11.6. The summed E-state index contributed by atoms with van der Waals surface area (Å²) in [5.41, 5.74) is 0. The summed E-state index contributed by atoms with van der Waals surface area (Å²) in [5.74, 6) is 0.404. The number of piperidine rings is 1. The van der Waals surface area contributed by atoms with Gasteiger partial charge in [-0.15, -0.1) is 11.3 Å². The fraction of sp³-hybridized carbons (Fsp3) is 0.737. The number of carbonyl (C=O) groups excluding carboxylic acids is 1. The Balaban J connectivity index is 1.52. The van der Waals surface area contributed by atoms with Crippen molar-refractivity contribution in [3.63, 3.8) is 0 Å². The molecule has 2 aliphatic heterocycles. The largest absolute Gasteiger partial charge is 0.340 e. The molecule has 1 unspecified atom stereocenters. The minimum absolute atomic E-state index is 0.0567. The Morgan fingerprint density at radius 3 is 2.36 bits per heavy atom. The molecule has 0 N–H and O–H groups in total. The van der Waals surface area contributed by atoms with E-state index in [1.807, 2.05) is 11.8 Å². The lowest BCUT2D eigenvalue weighted by molar-refractivity contribution is -0.139. The molecule has 3 rings (SSSR count). The number of piperazine rings is 1. The molecule has 28 heavy (non-hydrogen) atoms. The van der Waals surface area contributed by atoms with Crippen LogP contribution in [0.4, 0.5) is 0 Å². The molecular weight excluding hydrogens is 418 g/mol. The monoisotopic (exact) mass is 447 g/mol. The van der Waals surface area contributed by atoms with Crippen LogP contribution in [0.25, 0.3) is 0 Å². The third-order valence-electron chi connectivity index (χ3n) is 5.96. The average molecular weight is 448 g/mol. The Morgan fingerprint density at radius 1 is 1.18 bits per heavy atom. The highest BCUT2D eigenvalue weighted by Gasteiger charge is 2.35. The number of thiophene rings is 1. The summed E-state index contributed by atoms with van der Waals surface area (Å²) in [6.07, 6.45) is 2.59. The predicted molar refractivity (Wildman–Crippen MR) is 113 cm³/mol. The lowest BCUT2D eigenvalue weighted by Crippen LogP contribution is -2.51. The van der Waals surface area contributed by atoms with Gasteiger partial charge in [0.2, 0.25) is 5.91 Å². The van der Waals surface area contributed by atoms with Gasteiger partial charge in [-0.1, -0.05) is 25.4 Å². The number of sulfonamides is 1. The lowest BCUT2D eigenvalue weighted by atomic mass is 9.85. The molecule has 3 heterocycles. The molecule has 1 aromatic heterocycles. The molecule has 2 saturated heterocycles. The Labute approximate surface area is 177 Å². The van der Waals surface area contributed by atoms with Crippen molar-refractivity contribution in [3.05, 3.63) is 16.5 Å². The standard InChI is InChI=1S/C19H30ClN3O3S2/c1-3-8-21-11-13-22(14-12-21)19(24)15(2)16-6-9-23(10-7-16)28(25,26)18-5-4-17(20)27-18/h4-5,15-16H,3,6-14H2,1-2H3. The van der Waals surface area contributed by atoms with Crippen LogP contribution in [-0.2, 0) is 14.8 Å². The highest BCUT2D eigenvalue weighted by atomic mass is 35.5. The number of nitrogens with zero attached hydrogens (tertiary/aromatic N) is 3. The first kappa shape index (κ1) is 22.0. The van der Waals surface area contributed by atoms with Crippen LogP contribution in [0, 0.1) is 11.8 Å². The molecule has 0 spiro atoms. The molecule has 0 saturated carbocycles. The van der Waals surface area contributed by atoms with Crippen molar-refractivity contribution < 1.29 is 13.2 Å². The number of hydrogen-bond acceptors (Lipinski definition) is 5. The maximum absolute atomic E-state index is 12.9. The third-order valence-corrected chi connectivity index (χ3v) is 9.56. The second-order valence-electron chi connectivity index (χ2n) is 7.76. The number of rotatable bonds is 6. The summed E-state index contributed by atoms with van der Waals surface area (Å²) in [7, 11) is -3.48. The van der Waals surface area contributed by atoms with Gasteiger partial charge in [-0.05, 0) is 43.9 Å². The van der Waals surface area contributed by atoms with Gasteiger partial charge in [0.05, 0.1) is 4.34 Å². The SMILES string of the molecule is CCCN1CCN(C(=O)C(C)C2CCN(S(=O)(=O)c3ccc(Cl)s3)CC2)CC1. The van der Waals surface area contributed by atoms with Crippen LogP contribution in [0.5, 0.6) is 0 Å². The van der Waals surface area contributed by atoms with Crippen molar-refractivity contribution in [2.45, 2.75) is 37.3 Å². The molecule has 0 radical (unpaired) electrons. The number of halogens is 1.